The summed E-state index contributed by atoms with van der Waals surface area (Å²) in [5.74, 6) is 0.511. The lowest BCUT2D eigenvalue weighted by molar-refractivity contribution is 0.298. The van der Waals surface area contributed by atoms with Gasteiger partial charge in [-0.15, -0.1) is 0 Å². The summed E-state index contributed by atoms with van der Waals surface area (Å²) < 4.78 is 21.6. The van der Waals surface area contributed by atoms with Crippen LogP contribution in [0.4, 0.5) is 0 Å². The molecule has 0 spiro atoms. The Morgan fingerprint density at radius 3 is 3.11 bits per heavy atom. The summed E-state index contributed by atoms with van der Waals surface area (Å²) in [7, 11) is 2.09. The Labute approximate surface area is 119 Å². The summed E-state index contributed by atoms with van der Waals surface area (Å²) in [5.41, 5.74) is 1.96. The first-order chi connectivity index (χ1) is 10.0. The zero-order valence-corrected chi connectivity index (χ0v) is 12.0. The molecule has 0 aliphatic carbocycles. The van der Waals surface area contributed by atoms with Gasteiger partial charge >= 0.3 is 0 Å². The van der Waals surface area contributed by atoms with E-state index in [0.29, 0.717) is 19.0 Å². The summed E-state index contributed by atoms with van der Waals surface area (Å²) in [5, 5.41) is 0. The molecule has 106 valence electrons. The Hall–Kier alpha value is -1.16. The normalized spacial score (nSPS) is 22.3. The largest absolute Gasteiger partial charge is 0.476 e. The number of aliphatic imine (C=N–C) groups is 2. The molecule has 0 bridgehead atoms. The highest BCUT2D eigenvalue weighted by molar-refractivity contribution is 6.46. The van der Waals surface area contributed by atoms with E-state index in [0.717, 1.165) is 43.6 Å². The second kappa shape index (κ2) is 7.43. The first kappa shape index (κ1) is 11.6. The molecule has 2 rings (SSSR count). The van der Waals surface area contributed by atoms with E-state index >= 15 is 0 Å². The molecule has 4 nitrogen and oxygen atoms in total. The van der Waals surface area contributed by atoms with Crippen LogP contribution in [0.2, 0.25) is 0 Å². The van der Waals surface area contributed by atoms with Gasteiger partial charge in [0.15, 0.2) is 0 Å². The highest BCUT2D eigenvalue weighted by Gasteiger charge is 2.22. The number of ether oxygens (including phenoxy) is 1. The number of nitrogens with zero attached hydrogens (tertiary/aromatic N) is 3. The Morgan fingerprint density at radius 1 is 1.42 bits per heavy atom. The van der Waals surface area contributed by atoms with Crippen molar-refractivity contribution >= 4 is 11.6 Å². The van der Waals surface area contributed by atoms with Gasteiger partial charge in [0.2, 0.25) is 5.90 Å². The molecule has 0 aromatic rings. The van der Waals surface area contributed by atoms with Crippen LogP contribution >= 0.6 is 0 Å². The molecule has 19 heavy (non-hydrogen) atoms. The molecule has 4 heteroatoms. The van der Waals surface area contributed by atoms with E-state index in [2.05, 4.69) is 34.9 Å². The van der Waals surface area contributed by atoms with Crippen molar-refractivity contribution in [1.29, 1.82) is 0 Å². The van der Waals surface area contributed by atoms with Crippen molar-refractivity contribution in [2.75, 3.05) is 33.4 Å². The van der Waals surface area contributed by atoms with Gasteiger partial charge in [-0.05, 0) is 25.4 Å². The van der Waals surface area contributed by atoms with Crippen LogP contribution < -0.4 is 0 Å². The van der Waals surface area contributed by atoms with Crippen molar-refractivity contribution in [3.8, 4) is 0 Å². The fourth-order valence-electron chi connectivity index (χ4n) is 2.22. The minimum atomic E-state index is -1.30. The van der Waals surface area contributed by atoms with E-state index in [9.17, 15) is 0 Å². The van der Waals surface area contributed by atoms with Gasteiger partial charge in [-0.3, -0.25) is 4.99 Å². The van der Waals surface area contributed by atoms with Crippen LogP contribution in [0.5, 0.6) is 0 Å². The third-order valence-corrected chi connectivity index (χ3v) is 3.31. The van der Waals surface area contributed by atoms with Crippen LogP contribution in [-0.2, 0) is 4.74 Å². The number of likely N-dealkylation sites (N-methyl/N-ethyl adjacent to an activating group) is 1. The standard InChI is InChI=1S/C15H25N3O/c1-3-4-5-6-10-19-15-14(16-12-17-15)13-8-7-9-18(2)11-13/h8H,3-7,9-12H2,1-2H3/i6D2. The second-order valence-corrected chi connectivity index (χ2v) is 5.01. The van der Waals surface area contributed by atoms with E-state index in [1.54, 1.807) is 0 Å². The molecule has 0 fully saturated rings. The molecule has 0 amide bonds. The highest BCUT2D eigenvalue weighted by Crippen LogP contribution is 2.14. The van der Waals surface area contributed by atoms with Gasteiger partial charge in [-0.25, -0.2) is 4.99 Å². The maximum atomic E-state index is 7.96. The maximum absolute atomic E-state index is 7.96. The molecule has 0 atom stereocenters. The number of rotatable bonds is 6. The SMILES string of the molecule is [2H]C([2H])(CCCC)COC1=NCN=C1C1=CCCN(C)C1. The summed E-state index contributed by atoms with van der Waals surface area (Å²) in [6.45, 7) is 4.42. The van der Waals surface area contributed by atoms with Crippen LogP contribution in [0.25, 0.3) is 0 Å². The first-order valence-corrected chi connectivity index (χ1v) is 7.12. The van der Waals surface area contributed by atoms with Crippen LogP contribution in [-0.4, -0.2) is 49.9 Å². The average Bonchev–Trinajstić information content (AvgIpc) is 2.92. The van der Waals surface area contributed by atoms with Crippen LogP contribution in [0.15, 0.2) is 21.6 Å². The van der Waals surface area contributed by atoms with Crippen LogP contribution in [0.1, 0.15) is 41.7 Å². The van der Waals surface area contributed by atoms with Gasteiger partial charge in [-0.1, -0.05) is 32.3 Å². The van der Waals surface area contributed by atoms with E-state index < -0.39 is 6.37 Å². The average molecular weight is 265 g/mol. The van der Waals surface area contributed by atoms with Gasteiger partial charge in [-0.2, -0.15) is 0 Å². The third kappa shape index (κ3) is 4.16. The van der Waals surface area contributed by atoms with Crippen LogP contribution in [0, 0.1) is 0 Å². The van der Waals surface area contributed by atoms with Crippen molar-refractivity contribution in [1.82, 2.24) is 4.90 Å². The van der Waals surface area contributed by atoms with E-state index in [-0.39, 0.29) is 6.61 Å². The zero-order chi connectivity index (χ0) is 15.3. The Bertz CT molecular complexity index is 458. The molecule has 2 aliphatic heterocycles. The highest BCUT2D eigenvalue weighted by atomic mass is 16.5. The molecule has 0 aromatic carbocycles. The molecule has 0 saturated heterocycles. The molecular formula is C15H25N3O. The fourth-order valence-corrected chi connectivity index (χ4v) is 2.22. The Kier molecular flexibility index (Phi) is 4.56. The summed E-state index contributed by atoms with van der Waals surface area (Å²) in [4.78, 5) is 10.9. The van der Waals surface area contributed by atoms with Gasteiger partial charge in [0.1, 0.15) is 12.4 Å². The van der Waals surface area contributed by atoms with Crippen molar-refractivity contribution < 1.29 is 7.48 Å². The van der Waals surface area contributed by atoms with Gasteiger partial charge in [0, 0.05) is 15.8 Å². The minimum absolute atomic E-state index is 0.0496. The molecule has 0 unspecified atom stereocenters. The van der Waals surface area contributed by atoms with Crippen LogP contribution in [0.3, 0.4) is 0 Å². The smallest absolute Gasteiger partial charge is 0.237 e. The fraction of sp³-hybridized carbons (Fsp3) is 0.733. The molecule has 0 N–H and O–H groups in total. The van der Waals surface area contributed by atoms with E-state index in [4.69, 9.17) is 7.48 Å². The molecule has 0 saturated carbocycles. The van der Waals surface area contributed by atoms with Gasteiger partial charge in [0.25, 0.3) is 0 Å². The summed E-state index contributed by atoms with van der Waals surface area (Å²) >= 11 is 0. The molecular weight excluding hydrogens is 238 g/mol. The Morgan fingerprint density at radius 2 is 2.32 bits per heavy atom. The van der Waals surface area contributed by atoms with Gasteiger partial charge in [0.05, 0.1) is 6.61 Å². The minimum Gasteiger partial charge on any atom is -0.476 e. The molecule has 0 aromatic heterocycles. The van der Waals surface area contributed by atoms with Crippen molar-refractivity contribution in [2.45, 2.75) is 39.0 Å². The third-order valence-electron chi connectivity index (χ3n) is 3.31. The van der Waals surface area contributed by atoms with E-state index in [1.165, 1.54) is 0 Å². The molecule has 2 heterocycles. The predicted molar refractivity (Wildman–Crippen MR) is 80.0 cm³/mol. The monoisotopic (exact) mass is 265 g/mol. The number of hydrogen-bond acceptors (Lipinski definition) is 4. The molecule has 0 radical (unpaired) electrons. The quantitative estimate of drug-likeness (QED) is 0.740. The van der Waals surface area contributed by atoms with Crippen molar-refractivity contribution in [3.63, 3.8) is 0 Å². The second-order valence-electron chi connectivity index (χ2n) is 5.01. The lowest BCUT2D eigenvalue weighted by atomic mass is 10.1. The predicted octanol–water partition coefficient (Wildman–Crippen LogP) is 2.66. The summed E-state index contributed by atoms with van der Waals surface area (Å²) in [6.07, 6.45) is 4.29. The summed E-state index contributed by atoms with van der Waals surface area (Å²) in [6, 6.07) is 0. The topological polar surface area (TPSA) is 37.2 Å². The maximum Gasteiger partial charge on any atom is 0.237 e. The first-order valence-electron chi connectivity index (χ1n) is 8.12. The van der Waals surface area contributed by atoms with Gasteiger partial charge < -0.3 is 9.64 Å². The van der Waals surface area contributed by atoms with Crippen molar-refractivity contribution in [2.24, 2.45) is 9.98 Å². The lowest BCUT2D eigenvalue weighted by Crippen LogP contribution is -2.31. The lowest BCUT2D eigenvalue weighted by Gasteiger charge is -2.23. The zero-order valence-electron chi connectivity index (χ0n) is 14.0. The molecule has 2 aliphatic rings. The Balaban J connectivity index is 1.92. The number of unbranched alkanes of at least 4 members (excludes halogenated alkanes) is 1. The van der Waals surface area contributed by atoms with E-state index in [1.807, 2.05) is 0 Å². The number of hydrogen-bond donors (Lipinski definition) is 0. The van der Waals surface area contributed by atoms with Crippen molar-refractivity contribution in [3.05, 3.63) is 11.6 Å².